The molecule has 1 fully saturated rings. The molecule has 2 N–H and O–H groups in total. The zero-order valence-electron chi connectivity index (χ0n) is 15.3. The molecular weight excluding hydrogens is 302 g/mol. The Morgan fingerprint density at radius 3 is 2.42 bits per heavy atom. The van der Waals surface area contributed by atoms with Crippen molar-refractivity contribution in [3.63, 3.8) is 0 Å². The number of rotatable bonds is 6. The highest BCUT2D eigenvalue weighted by Gasteiger charge is 2.35. The standard InChI is InChI=1S/C19H31N3O2/c1-15(17-8-6-5-7-9-17)16(2)21-18(23)20-14-19(22(3)4)10-12-24-13-11-19/h5-9,15-16H,10-14H2,1-4H3,(H2,20,21,23)/t15-,16+/m1/s1. The largest absolute Gasteiger partial charge is 0.381 e. The maximum Gasteiger partial charge on any atom is 0.315 e. The molecule has 0 saturated carbocycles. The number of amides is 2. The van der Waals surface area contributed by atoms with E-state index in [2.05, 4.69) is 48.7 Å². The summed E-state index contributed by atoms with van der Waals surface area (Å²) in [6.07, 6.45) is 1.88. The van der Waals surface area contributed by atoms with E-state index in [-0.39, 0.29) is 23.5 Å². The summed E-state index contributed by atoms with van der Waals surface area (Å²) in [4.78, 5) is 14.5. The summed E-state index contributed by atoms with van der Waals surface area (Å²) in [6.45, 7) is 6.33. The highest BCUT2D eigenvalue weighted by molar-refractivity contribution is 5.74. The zero-order chi connectivity index (χ0) is 17.6. The SMILES string of the molecule is C[C@H](NC(=O)NCC1(N(C)C)CCOCC1)[C@@H](C)c1ccccc1. The first kappa shape index (κ1) is 18.7. The molecule has 1 aliphatic rings. The van der Waals surface area contributed by atoms with Crippen LogP contribution < -0.4 is 10.6 Å². The Kier molecular flexibility index (Phi) is 6.63. The Labute approximate surface area is 145 Å². The fourth-order valence-electron chi connectivity index (χ4n) is 3.21. The molecule has 1 heterocycles. The van der Waals surface area contributed by atoms with E-state index in [0.717, 1.165) is 26.1 Å². The van der Waals surface area contributed by atoms with E-state index in [1.807, 2.05) is 25.1 Å². The lowest BCUT2D eigenvalue weighted by Gasteiger charge is -2.42. The third-order valence-electron chi connectivity index (χ3n) is 5.38. The fourth-order valence-corrected chi connectivity index (χ4v) is 3.21. The normalized spacial score (nSPS) is 19.5. The van der Waals surface area contributed by atoms with Crippen LogP contribution in [0.1, 0.15) is 38.2 Å². The van der Waals surface area contributed by atoms with Gasteiger partial charge in [0, 0.05) is 37.3 Å². The molecular formula is C19H31N3O2. The van der Waals surface area contributed by atoms with Gasteiger partial charge in [-0.2, -0.15) is 0 Å². The minimum absolute atomic E-state index is 0.0100. The summed E-state index contributed by atoms with van der Waals surface area (Å²) >= 11 is 0. The van der Waals surface area contributed by atoms with Gasteiger partial charge >= 0.3 is 6.03 Å². The van der Waals surface area contributed by atoms with Crippen molar-refractivity contribution in [1.82, 2.24) is 15.5 Å². The topological polar surface area (TPSA) is 53.6 Å². The van der Waals surface area contributed by atoms with E-state index in [1.54, 1.807) is 0 Å². The smallest absolute Gasteiger partial charge is 0.315 e. The van der Waals surface area contributed by atoms with E-state index < -0.39 is 0 Å². The van der Waals surface area contributed by atoms with Gasteiger partial charge in [-0.1, -0.05) is 37.3 Å². The van der Waals surface area contributed by atoms with Gasteiger partial charge in [0.2, 0.25) is 0 Å². The third-order valence-corrected chi connectivity index (χ3v) is 5.38. The van der Waals surface area contributed by atoms with Crippen LogP contribution >= 0.6 is 0 Å². The molecule has 134 valence electrons. The predicted octanol–water partition coefficient (Wildman–Crippen LogP) is 2.59. The van der Waals surface area contributed by atoms with E-state index in [1.165, 1.54) is 5.56 Å². The lowest BCUT2D eigenvalue weighted by Crippen LogP contribution is -2.57. The van der Waals surface area contributed by atoms with Gasteiger partial charge in [0.05, 0.1) is 0 Å². The molecule has 0 unspecified atom stereocenters. The number of carbonyl (C=O) groups is 1. The number of ether oxygens (including phenoxy) is 1. The van der Waals surface area contributed by atoms with Gasteiger partial charge in [0.25, 0.3) is 0 Å². The van der Waals surface area contributed by atoms with Crippen LogP contribution in [-0.4, -0.2) is 56.4 Å². The Hall–Kier alpha value is -1.59. The first-order chi connectivity index (χ1) is 11.4. The van der Waals surface area contributed by atoms with Crippen LogP contribution in [-0.2, 0) is 4.74 Å². The lowest BCUT2D eigenvalue weighted by molar-refractivity contribution is -0.00575. The molecule has 5 nitrogen and oxygen atoms in total. The molecule has 1 aromatic carbocycles. The second-order valence-corrected chi connectivity index (χ2v) is 7.05. The molecule has 0 radical (unpaired) electrons. The summed E-state index contributed by atoms with van der Waals surface area (Å²) in [5.74, 6) is 0.267. The van der Waals surface area contributed by atoms with E-state index in [0.29, 0.717) is 6.54 Å². The molecule has 1 saturated heterocycles. The van der Waals surface area contributed by atoms with Crippen molar-refractivity contribution in [2.45, 2.75) is 44.2 Å². The van der Waals surface area contributed by atoms with Gasteiger partial charge in [-0.15, -0.1) is 0 Å². The molecule has 24 heavy (non-hydrogen) atoms. The average Bonchev–Trinajstić information content (AvgIpc) is 2.60. The summed E-state index contributed by atoms with van der Waals surface area (Å²) < 4.78 is 5.47. The van der Waals surface area contributed by atoms with Gasteiger partial charge in [0.1, 0.15) is 0 Å². The fraction of sp³-hybridized carbons (Fsp3) is 0.632. The predicted molar refractivity (Wildman–Crippen MR) is 97.3 cm³/mol. The summed E-state index contributed by atoms with van der Waals surface area (Å²) in [7, 11) is 4.15. The highest BCUT2D eigenvalue weighted by Crippen LogP contribution is 2.25. The van der Waals surface area contributed by atoms with Crippen molar-refractivity contribution < 1.29 is 9.53 Å². The zero-order valence-corrected chi connectivity index (χ0v) is 15.3. The number of likely N-dealkylation sites (N-methyl/N-ethyl adjacent to an activating group) is 1. The van der Waals surface area contributed by atoms with Crippen LogP contribution in [0.5, 0.6) is 0 Å². The van der Waals surface area contributed by atoms with Crippen LogP contribution in [0, 0.1) is 0 Å². The summed E-state index contributed by atoms with van der Waals surface area (Å²) in [5.41, 5.74) is 1.23. The molecule has 2 atom stereocenters. The van der Waals surface area contributed by atoms with Gasteiger partial charge < -0.3 is 20.3 Å². The average molecular weight is 333 g/mol. The number of urea groups is 1. The lowest BCUT2D eigenvalue weighted by atomic mass is 9.88. The maximum atomic E-state index is 12.3. The van der Waals surface area contributed by atoms with Gasteiger partial charge in [-0.3, -0.25) is 0 Å². The monoisotopic (exact) mass is 333 g/mol. The first-order valence-corrected chi connectivity index (χ1v) is 8.79. The van der Waals surface area contributed by atoms with E-state index in [4.69, 9.17) is 4.74 Å². The minimum Gasteiger partial charge on any atom is -0.381 e. The van der Waals surface area contributed by atoms with Crippen molar-refractivity contribution in [3.05, 3.63) is 35.9 Å². The number of nitrogens with zero attached hydrogens (tertiary/aromatic N) is 1. The van der Waals surface area contributed by atoms with Gasteiger partial charge in [-0.05, 0) is 39.4 Å². The van der Waals surface area contributed by atoms with Gasteiger partial charge in [-0.25, -0.2) is 4.79 Å². The Bertz CT molecular complexity index is 513. The van der Waals surface area contributed by atoms with Gasteiger partial charge in [0.15, 0.2) is 0 Å². The van der Waals surface area contributed by atoms with E-state index >= 15 is 0 Å². The first-order valence-electron chi connectivity index (χ1n) is 8.79. The number of benzene rings is 1. The van der Waals surface area contributed by atoms with Crippen LogP contribution in [0.4, 0.5) is 4.79 Å². The van der Waals surface area contributed by atoms with Crippen LogP contribution in [0.25, 0.3) is 0 Å². The highest BCUT2D eigenvalue weighted by atomic mass is 16.5. The van der Waals surface area contributed by atoms with Crippen LogP contribution in [0.2, 0.25) is 0 Å². The molecule has 2 rings (SSSR count). The third kappa shape index (κ3) is 4.71. The van der Waals surface area contributed by atoms with Crippen LogP contribution in [0.3, 0.4) is 0 Å². The molecule has 0 bridgehead atoms. The second kappa shape index (κ2) is 8.49. The van der Waals surface area contributed by atoms with Crippen molar-refractivity contribution >= 4 is 6.03 Å². The Morgan fingerprint density at radius 1 is 1.21 bits per heavy atom. The molecule has 0 aliphatic carbocycles. The number of hydrogen-bond acceptors (Lipinski definition) is 3. The molecule has 1 aliphatic heterocycles. The van der Waals surface area contributed by atoms with E-state index in [9.17, 15) is 4.79 Å². The number of nitrogens with one attached hydrogen (secondary N) is 2. The number of hydrogen-bond donors (Lipinski definition) is 2. The van der Waals surface area contributed by atoms with Crippen molar-refractivity contribution in [1.29, 1.82) is 0 Å². The molecule has 2 amide bonds. The Morgan fingerprint density at radius 2 is 1.83 bits per heavy atom. The number of carbonyl (C=O) groups excluding carboxylic acids is 1. The molecule has 0 aromatic heterocycles. The summed E-state index contributed by atoms with van der Waals surface area (Å²) in [6, 6.07) is 10.2. The molecule has 5 heteroatoms. The van der Waals surface area contributed by atoms with Crippen LogP contribution in [0.15, 0.2) is 30.3 Å². The van der Waals surface area contributed by atoms with Crippen molar-refractivity contribution in [3.8, 4) is 0 Å². The quantitative estimate of drug-likeness (QED) is 0.841. The second-order valence-electron chi connectivity index (χ2n) is 7.05. The van der Waals surface area contributed by atoms with Crippen molar-refractivity contribution in [2.24, 2.45) is 0 Å². The summed E-state index contributed by atoms with van der Waals surface area (Å²) in [5, 5.41) is 6.14. The maximum absolute atomic E-state index is 12.3. The minimum atomic E-state index is -0.0991. The Balaban J connectivity index is 1.86. The molecule has 0 spiro atoms. The van der Waals surface area contributed by atoms with Crippen molar-refractivity contribution in [2.75, 3.05) is 33.9 Å². The molecule has 1 aromatic rings.